The molecule has 0 aliphatic carbocycles. The number of hydrogen-bond donors (Lipinski definition) is 0. The predicted molar refractivity (Wildman–Crippen MR) is 83.0 cm³/mol. The van der Waals surface area contributed by atoms with Gasteiger partial charge in [0.2, 0.25) is 0 Å². The molecule has 2 heteroatoms. The number of Topliss-reactive ketones (excluding diaryl/α,β-unsaturated/α-hetero) is 1. The van der Waals surface area contributed by atoms with Gasteiger partial charge in [0, 0.05) is 13.6 Å². The molecule has 1 nitrogen and oxygen atoms in total. The zero-order chi connectivity index (χ0) is 13.9. The van der Waals surface area contributed by atoms with E-state index in [1.807, 2.05) is 19.1 Å². The van der Waals surface area contributed by atoms with Gasteiger partial charge in [-0.15, -0.1) is 0 Å². The summed E-state index contributed by atoms with van der Waals surface area (Å²) in [5.74, 6) is 0.152. The van der Waals surface area contributed by atoms with Crippen molar-refractivity contribution in [1.82, 2.24) is 0 Å². The van der Waals surface area contributed by atoms with Gasteiger partial charge in [0.1, 0.15) is 0 Å². The maximum Gasteiger partial charge on any atom is 0.160 e. The number of allylic oxidation sites excluding steroid dienone is 1. The number of carbonyl (C=O) groups is 1. The molecule has 0 aliphatic rings. The van der Waals surface area contributed by atoms with Crippen molar-refractivity contribution in [2.45, 2.75) is 46.0 Å². The Kier molecular flexibility index (Phi) is 4.69. The molecule has 0 bridgehead atoms. The third-order valence-electron chi connectivity index (χ3n) is 3.11. The van der Waals surface area contributed by atoms with Gasteiger partial charge in [-0.05, 0) is 31.4 Å². The Labute approximate surface area is 112 Å². The Morgan fingerprint density at radius 1 is 1.22 bits per heavy atom. The van der Waals surface area contributed by atoms with Crippen molar-refractivity contribution in [2.75, 3.05) is 0 Å². The summed E-state index contributed by atoms with van der Waals surface area (Å²) in [6.07, 6.45) is 1.01. The molecule has 0 amide bonds. The smallest absolute Gasteiger partial charge is 0.160 e. The third kappa shape index (κ3) is 3.95. The molecular formula is C16H24OSi. The van der Waals surface area contributed by atoms with Crippen LogP contribution in [0.2, 0.25) is 25.7 Å². The van der Waals surface area contributed by atoms with Gasteiger partial charge in [-0.3, -0.25) is 4.79 Å². The number of rotatable bonds is 5. The highest BCUT2D eigenvalue weighted by Gasteiger charge is 2.17. The van der Waals surface area contributed by atoms with Crippen LogP contribution < -0.4 is 0 Å². The monoisotopic (exact) mass is 260 g/mol. The highest BCUT2D eigenvalue weighted by molar-refractivity contribution is 6.76. The topological polar surface area (TPSA) is 17.1 Å². The maximum atomic E-state index is 11.9. The van der Waals surface area contributed by atoms with Crippen molar-refractivity contribution in [3.8, 4) is 0 Å². The molecule has 1 rings (SSSR count). The number of hydrogen-bond acceptors (Lipinski definition) is 1. The summed E-state index contributed by atoms with van der Waals surface area (Å²) in [6.45, 7) is 14.7. The molecule has 0 saturated heterocycles. The number of ketones is 1. The summed E-state index contributed by atoms with van der Waals surface area (Å²) < 4.78 is 0. The molecule has 0 heterocycles. The van der Waals surface area contributed by atoms with Gasteiger partial charge in [-0.2, -0.15) is 0 Å². The van der Waals surface area contributed by atoms with E-state index in [2.05, 4.69) is 32.3 Å². The van der Waals surface area contributed by atoms with Crippen LogP contribution in [0.3, 0.4) is 0 Å². The predicted octanol–water partition coefficient (Wildman–Crippen LogP) is 4.80. The fourth-order valence-corrected chi connectivity index (χ4v) is 3.11. The number of benzene rings is 1. The third-order valence-corrected chi connectivity index (χ3v) is 4.86. The molecule has 1 aromatic carbocycles. The van der Waals surface area contributed by atoms with Gasteiger partial charge < -0.3 is 0 Å². The van der Waals surface area contributed by atoms with Gasteiger partial charge in [0.05, 0.1) is 0 Å². The highest BCUT2D eigenvalue weighted by atomic mass is 28.3. The summed E-state index contributed by atoms with van der Waals surface area (Å²) in [4.78, 5) is 11.9. The van der Waals surface area contributed by atoms with Crippen molar-refractivity contribution < 1.29 is 4.79 Å². The Morgan fingerprint density at radius 3 is 2.28 bits per heavy atom. The van der Waals surface area contributed by atoms with E-state index in [4.69, 9.17) is 0 Å². The van der Waals surface area contributed by atoms with E-state index in [1.54, 1.807) is 6.92 Å². The van der Waals surface area contributed by atoms with Gasteiger partial charge in [0.25, 0.3) is 0 Å². The molecule has 0 N–H and O–H groups in total. The lowest BCUT2D eigenvalue weighted by atomic mass is 9.93. The lowest BCUT2D eigenvalue weighted by Crippen LogP contribution is -2.20. The molecule has 0 radical (unpaired) electrons. The van der Waals surface area contributed by atoms with Crippen LogP contribution in [-0.2, 0) is 6.42 Å². The Hall–Kier alpha value is -1.15. The minimum atomic E-state index is -1.08. The fourth-order valence-electron chi connectivity index (χ4n) is 2.09. The molecule has 0 unspecified atom stereocenters. The van der Waals surface area contributed by atoms with Crippen molar-refractivity contribution in [1.29, 1.82) is 0 Å². The maximum absolute atomic E-state index is 11.9. The lowest BCUT2D eigenvalue weighted by molar-refractivity contribution is 0.101. The zero-order valence-corrected chi connectivity index (χ0v) is 13.3. The summed E-state index contributed by atoms with van der Waals surface area (Å²) in [5, 5.41) is 0. The van der Waals surface area contributed by atoms with E-state index in [-0.39, 0.29) is 5.78 Å². The van der Waals surface area contributed by atoms with Crippen LogP contribution in [0.25, 0.3) is 5.57 Å². The first-order valence-electron chi connectivity index (χ1n) is 6.51. The minimum absolute atomic E-state index is 0.152. The Morgan fingerprint density at radius 2 is 1.83 bits per heavy atom. The molecule has 1 aromatic rings. The van der Waals surface area contributed by atoms with E-state index >= 15 is 0 Å². The SMILES string of the molecule is C=C(C)c1cccc(CC[Si](C)(C)C)c1C(C)=O. The van der Waals surface area contributed by atoms with E-state index in [0.717, 1.165) is 23.1 Å². The van der Waals surface area contributed by atoms with Gasteiger partial charge in [-0.1, -0.05) is 56.0 Å². The Bertz CT molecular complexity index is 466. The van der Waals surface area contributed by atoms with Crippen LogP contribution in [-0.4, -0.2) is 13.9 Å². The first kappa shape index (κ1) is 14.9. The molecule has 0 fully saturated rings. The number of carbonyl (C=O) groups excluding carboxylic acids is 1. The average Bonchev–Trinajstić information content (AvgIpc) is 2.24. The molecule has 0 spiro atoms. The van der Waals surface area contributed by atoms with E-state index in [0.29, 0.717) is 0 Å². The highest BCUT2D eigenvalue weighted by Crippen LogP contribution is 2.24. The van der Waals surface area contributed by atoms with Crippen LogP contribution in [0.5, 0.6) is 0 Å². The molecular weight excluding hydrogens is 236 g/mol. The summed E-state index contributed by atoms with van der Waals surface area (Å²) in [7, 11) is -1.08. The quantitative estimate of drug-likeness (QED) is 0.549. The average molecular weight is 260 g/mol. The van der Waals surface area contributed by atoms with Gasteiger partial charge in [0.15, 0.2) is 5.78 Å². The van der Waals surface area contributed by atoms with Crippen LogP contribution in [0, 0.1) is 0 Å². The van der Waals surface area contributed by atoms with Crippen molar-refractivity contribution in [2.24, 2.45) is 0 Å². The molecule has 0 atom stereocenters. The second-order valence-corrected chi connectivity index (χ2v) is 11.9. The zero-order valence-electron chi connectivity index (χ0n) is 12.3. The second kappa shape index (κ2) is 5.66. The van der Waals surface area contributed by atoms with Crippen molar-refractivity contribution >= 4 is 19.4 Å². The van der Waals surface area contributed by atoms with E-state index < -0.39 is 8.07 Å². The van der Waals surface area contributed by atoms with Gasteiger partial charge in [-0.25, -0.2) is 0 Å². The van der Waals surface area contributed by atoms with Crippen LogP contribution in [0.1, 0.15) is 35.3 Å². The molecule has 18 heavy (non-hydrogen) atoms. The lowest BCUT2D eigenvalue weighted by Gasteiger charge is -2.18. The fraction of sp³-hybridized carbons (Fsp3) is 0.438. The van der Waals surface area contributed by atoms with Crippen LogP contribution in [0.4, 0.5) is 0 Å². The molecule has 98 valence electrons. The van der Waals surface area contributed by atoms with E-state index in [1.165, 1.54) is 11.6 Å². The summed E-state index contributed by atoms with van der Waals surface area (Å²) in [5.41, 5.74) is 4.04. The normalized spacial score (nSPS) is 11.4. The largest absolute Gasteiger partial charge is 0.294 e. The molecule has 0 saturated carbocycles. The summed E-state index contributed by atoms with van der Waals surface area (Å²) >= 11 is 0. The second-order valence-electron chi connectivity index (χ2n) is 6.24. The first-order chi connectivity index (χ1) is 8.22. The molecule has 0 aliphatic heterocycles. The van der Waals surface area contributed by atoms with Crippen LogP contribution >= 0.6 is 0 Å². The minimum Gasteiger partial charge on any atom is -0.294 e. The summed E-state index contributed by atoms with van der Waals surface area (Å²) in [6, 6.07) is 7.34. The van der Waals surface area contributed by atoms with Crippen molar-refractivity contribution in [3.63, 3.8) is 0 Å². The van der Waals surface area contributed by atoms with Crippen molar-refractivity contribution in [3.05, 3.63) is 41.5 Å². The van der Waals surface area contributed by atoms with Crippen LogP contribution in [0.15, 0.2) is 24.8 Å². The van der Waals surface area contributed by atoms with Gasteiger partial charge >= 0.3 is 0 Å². The number of aryl methyl sites for hydroxylation is 1. The molecule has 0 aromatic heterocycles. The first-order valence-corrected chi connectivity index (χ1v) is 10.2. The van der Waals surface area contributed by atoms with E-state index in [9.17, 15) is 4.79 Å². The standard InChI is InChI=1S/C16H24OSi/c1-12(2)15-9-7-8-14(16(15)13(3)17)10-11-18(4,5)6/h7-9H,1,10-11H2,2-6H3. The Balaban J connectivity index is 3.15.